The van der Waals surface area contributed by atoms with Crippen LogP contribution in [0.3, 0.4) is 0 Å². The first kappa shape index (κ1) is 26.8. The Morgan fingerprint density at radius 3 is 2.46 bits per heavy atom. The molecule has 7 nitrogen and oxygen atoms in total. The lowest BCUT2D eigenvalue weighted by Gasteiger charge is -2.32. The van der Waals surface area contributed by atoms with Crippen LogP contribution in [0, 0.1) is 17.8 Å². The minimum Gasteiger partial charge on any atom is -0.381 e. The Kier molecular flexibility index (Phi) is 8.05. The number of fused-ring (bicyclic) bond motifs is 1. The smallest absolute Gasteiger partial charge is 0.230 e. The molecule has 1 amide bonds. The Morgan fingerprint density at radius 2 is 1.84 bits per heavy atom. The second-order valence-corrected chi connectivity index (χ2v) is 14.7. The zero-order valence-electron chi connectivity index (χ0n) is 22.1. The van der Waals surface area contributed by atoms with E-state index in [1.807, 2.05) is 6.92 Å². The first-order chi connectivity index (χ1) is 17.7. The average molecular weight is 546 g/mol. The third-order valence-electron chi connectivity index (χ3n) is 8.38. The van der Waals surface area contributed by atoms with E-state index in [2.05, 4.69) is 24.1 Å². The van der Waals surface area contributed by atoms with E-state index < -0.39 is 9.84 Å². The van der Waals surface area contributed by atoms with Crippen LogP contribution < -0.4 is 5.32 Å². The molecule has 3 heterocycles. The van der Waals surface area contributed by atoms with Gasteiger partial charge in [-0.25, -0.2) is 13.4 Å². The Labute approximate surface area is 224 Å². The van der Waals surface area contributed by atoms with E-state index in [1.54, 1.807) is 35.6 Å². The van der Waals surface area contributed by atoms with Crippen molar-refractivity contribution < 1.29 is 17.9 Å². The van der Waals surface area contributed by atoms with Crippen LogP contribution in [-0.4, -0.2) is 49.2 Å². The lowest BCUT2D eigenvalue weighted by molar-refractivity contribution is -0.115. The highest BCUT2D eigenvalue weighted by Crippen LogP contribution is 2.43. The Balaban J connectivity index is 1.19. The van der Waals surface area contributed by atoms with Crippen molar-refractivity contribution in [2.45, 2.75) is 82.0 Å². The van der Waals surface area contributed by atoms with Crippen molar-refractivity contribution >= 4 is 32.2 Å². The van der Waals surface area contributed by atoms with Gasteiger partial charge in [0.05, 0.1) is 28.3 Å². The second-order valence-electron chi connectivity index (χ2n) is 11.3. The number of anilines is 1. The second kappa shape index (κ2) is 11.1. The van der Waals surface area contributed by atoms with E-state index in [1.165, 1.54) is 4.88 Å². The van der Waals surface area contributed by atoms with Crippen molar-refractivity contribution in [3.05, 3.63) is 40.4 Å². The highest BCUT2D eigenvalue weighted by molar-refractivity contribution is 7.92. The Hall–Kier alpha value is -1.81. The number of carbonyl (C=O) groups is 1. The number of benzene rings is 1. The number of hydrogen-bond acceptors (Lipinski definition) is 7. The maximum atomic E-state index is 12.9. The van der Waals surface area contributed by atoms with Gasteiger partial charge in [0, 0.05) is 31.2 Å². The fourth-order valence-corrected chi connectivity index (χ4v) is 8.68. The Bertz CT molecular complexity index is 1200. The normalized spacial score (nSPS) is 22.1. The molecule has 3 aliphatic rings. The number of nitrogens with zero attached hydrogens (tertiary/aromatic N) is 2. The lowest BCUT2D eigenvalue weighted by Crippen LogP contribution is -2.33. The van der Waals surface area contributed by atoms with Gasteiger partial charge in [0.2, 0.25) is 5.91 Å². The number of rotatable bonds is 9. The van der Waals surface area contributed by atoms with Gasteiger partial charge in [-0.2, -0.15) is 0 Å². The summed E-state index contributed by atoms with van der Waals surface area (Å²) in [4.78, 5) is 21.8. The minimum atomic E-state index is -3.34. The van der Waals surface area contributed by atoms with E-state index in [-0.39, 0.29) is 29.5 Å². The van der Waals surface area contributed by atoms with Crippen molar-refractivity contribution in [3.8, 4) is 0 Å². The van der Waals surface area contributed by atoms with Gasteiger partial charge < -0.3 is 10.1 Å². The highest BCUT2D eigenvalue weighted by Gasteiger charge is 2.37. The molecule has 37 heavy (non-hydrogen) atoms. The van der Waals surface area contributed by atoms with Gasteiger partial charge in [0.25, 0.3) is 0 Å². The topological polar surface area (TPSA) is 88.6 Å². The van der Waals surface area contributed by atoms with E-state index >= 15 is 0 Å². The summed E-state index contributed by atoms with van der Waals surface area (Å²) >= 11 is 1.58. The van der Waals surface area contributed by atoms with Crippen LogP contribution in [0.25, 0.3) is 0 Å². The van der Waals surface area contributed by atoms with Gasteiger partial charge >= 0.3 is 0 Å². The summed E-state index contributed by atoms with van der Waals surface area (Å²) in [6.45, 7) is 9.98. The van der Waals surface area contributed by atoms with Crippen LogP contribution in [0.15, 0.2) is 29.2 Å². The number of sulfone groups is 1. The lowest BCUT2D eigenvalue weighted by atomic mass is 9.83. The van der Waals surface area contributed by atoms with Crippen LogP contribution >= 0.6 is 11.3 Å². The van der Waals surface area contributed by atoms with E-state index in [4.69, 9.17) is 9.72 Å². The SMILES string of the molecule is CC(C)[C@H]1c2nc(NC(=O)Cc3ccc(S(=O)(=O)C(C)C4CCC4)cc3)sc2CN1CC1CCOCC1. The molecule has 1 N–H and O–H groups in total. The number of ether oxygens (including phenoxy) is 1. The zero-order chi connectivity index (χ0) is 26.2. The van der Waals surface area contributed by atoms with Gasteiger partial charge in [-0.3, -0.25) is 9.69 Å². The molecular weight excluding hydrogens is 506 g/mol. The van der Waals surface area contributed by atoms with Gasteiger partial charge in [-0.15, -0.1) is 11.3 Å². The molecule has 1 saturated carbocycles. The quantitative estimate of drug-likeness (QED) is 0.464. The zero-order valence-corrected chi connectivity index (χ0v) is 23.7. The van der Waals surface area contributed by atoms with Gasteiger partial charge in [0.15, 0.2) is 15.0 Å². The van der Waals surface area contributed by atoms with E-state index in [0.717, 1.165) is 69.7 Å². The first-order valence-electron chi connectivity index (χ1n) is 13.7. The highest BCUT2D eigenvalue weighted by atomic mass is 32.2. The van der Waals surface area contributed by atoms with Gasteiger partial charge in [0.1, 0.15) is 0 Å². The molecule has 2 atom stereocenters. The van der Waals surface area contributed by atoms with Crippen molar-refractivity contribution in [2.75, 3.05) is 25.1 Å². The summed E-state index contributed by atoms with van der Waals surface area (Å²) in [5.41, 5.74) is 1.90. The number of thiazole rings is 1. The predicted molar refractivity (Wildman–Crippen MR) is 146 cm³/mol. The van der Waals surface area contributed by atoms with Gasteiger partial charge in [-0.05, 0) is 68.1 Å². The molecule has 1 aromatic carbocycles. The summed E-state index contributed by atoms with van der Waals surface area (Å²) in [6, 6.07) is 7.07. The molecule has 2 aliphatic heterocycles. The van der Waals surface area contributed by atoms with Crippen LogP contribution in [0.2, 0.25) is 0 Å². The average Bonchev–Trinajstić information content (AvgIpc) is 3.35. The third-order valence-corrected chi connectivity index (χ3v) is 11.6. The predicted octanol–water partition coefficient (Wildman–Crippen LogP) is 5.23. The molecule has 2 aromatic rings. The maximum absolute atomic E-state index is 12.9. The van der Waals surface area contributed by atoms with Crippen LogP contribution in [-0.2, 0) is 32.3 Å². The number of nitrogens with one attached hydrogen (secondary N) is 1. The number of aromatic nitrogens is 1. The fraction of sp³-hybridized carbons (Fsp3) is 0.643. The summed E-state index contributed by atoms with van der Waals surface area (Å²) in [7, 11) is -3.34. The largest absolute Gasteiger partial charge is 0.381 e. The molecule has 0 radical (unpaired) electrons. The van der Waals surface area contributed by atoms with Crippen LogP contribution in [0.4, 0.5) is 5.13 Å². The fourth-order valence-electron chi connectivity index (χ4n) is 5.92. The number of carbonyl (C=O) groups excluding carboxylic acids is 1. The molecule has 5 rings (SSSR count). The molecule has 1 saturated heterocycles. The summed E-state index contributed by atoms with van der Waals surface area (Å²) in [6.07, 6.45) is 5.53. The molecule has 0 spiro atoms. The third kappa shape index (κ3) is 5.79. The van der Waals surface area contributed by atoms with Crippen molar-refractivity contribution in [3.63, 3.8) is 0 Å². The molecule has 2 fully saturated rings. The monoisotopic (exact) mass is 545 g/mol. The first-order valence-corrected chi connectivity index (χ1v) is 16.0. The van der Waals surface area contributed by atoms with Gasteiger partial charge in [-0.1, -0.05) is 32.4 Å². The molecule has 1 aliphatic carbocycles. The van der Waals surface area contributed by atoms with E-state index in [0.29, 0.717) is 21.9 Å². The van der Waals surface area contributed by atoms with Crippen molar-refractivity contribution in [1.29, 1.82) is 0 Å². The van der Waals surface area contributed by atoms with Crippen molar-refractivity contribution in [1.82, 2.24) is 9.88 Å². The number of amides is 1. The van der Waals surface area contributed by atoms with Crippen LogP contribution in [0.1, 0.15) is 75.1 Å². The van der Waals surface area contributed by atoms with Crippen molar-refractivity contribution in [2.24, 2.45) is 17.8 Å². The van der Waals surface area contributed by atoms with Crippen LogP contribution in [0.5, 0.6) is 0 Å². The molecule has 202 valence electrons. The molecule has 1 unspecified atom stereocenters. The standard InChI is InChI=1S/C28H39N3O4S2/c1-18(2)27-26-24(17-31(27)16-21-11-13-35-14-12-21)36-28(30-26)29-25(32)15-20-7-9-23(10-8-20)37(33,34)19(3)22-5-4-6-22/h7-10,18-19,21-22,27H,4-6,11-17H2,1-3H3,(H,29,30,32)/t19?,27-/m0/s1. The number of hydrogen-bond donors (Lipinski definition) is 1. The molecular formula is C28H39N3O4S2. The maximum Gasteiger partial charge on any atom is 0.230 e. The summed E-state index contributed by atoms with van der Waals surface area (Å²) < 4.78 is 31.4. The van der Waals surface area contributed by atoms with E-state index in [9.17, 15) is 13.2 Å². The molecule has 9 heteroatoms. The molecule has 1 aromatic heterocycles. The summed E-state index contributed by atoms with van der Waals surface area (Å²) in [5, 5.41) is 3.28. The minimum absolute atomic E-state index is 0.133. The Morgan fingerprint density at radius 1 is 1.14 bits per heavy atom. The summed E-state index contributed by atoms with van der Waals surface area (Å²) in [5.74, 6) is 1.24. The molecule has 0 bridgehead atoms.